The van der Waals surface area contributed by atoms with Crippen LogP contribution in [0.5, 0.6) is 0 Å². The van der Waals surface area contributed by atoms with Gasteiger partial charge in [0.15, 0.2) is 5.82 Å². The third kappa shape index (κ3) is 2.08. The summed E-state index contributed by atoms with van der Waals surface area (Å²) in [7, 11) is 4.19. The predicted octanol–water partition coefficient (Wildman–Crippen LogP) is 0.983. The van der Waals surface area contributed by atoms with Crippen molar-refractivity contribution in [3.05, 3.63) is 5.56 Å². The van der Waals surface area contributed by atoms with Crippen LogP contribution in [-0.2, 0) is 0 Å². The number of nitriles is 1. The van der Waals surface area contributed by atoms with E-state index in [1.54, 1.807) is 0 Å². The Kier molecular flexibility index (Phi) is 3.22. The molecule has 0 radical (unpaired) electrons. The highest BCUT2D eigenvalue weighted by Crippen LogP contribution is 2.34. The van der Waals surface area contributed by atoms with E-state index in [2.05, 4.69) is 41.3 Å². The first kappa shape index (κ1) is 12.1. The van der Waals surface area contributed by atoms with Gasteiger partial charge in [-0.2, -0.15) is 9.64 Å². The van der Waals surface area contributed by atoms with Crippen molar-refractivity contribution < 1.29 is 0 Å². The van der Waals surface area contributed by atoms with Crippen LogP contribution >= 0.6 is 11.5 Å². The van der Waals surface area contributed by atoms with E-state index in [0.29, 0.717) is 23.3 Å². The molecule has 2 rings (SSSR count). The van der Waals surface area contributed by atoms with Gasteiger partial charge in [0.05, 0.1) is 0 Å². The van der Waals surface area contributed by atoms with Crippen LogP contribution in [0.3, 0.4) is 0 Å². The molecule has 2 atom stereocenters. The number of nitrogen functional groups attached to an aromatic ring is 1. The second-order valence-electron chi connectivity index (χ2n) is 4.77. The summed E-state index contributed by atoms with van der Waals surface area (Å²) >= 11 is 1.32. The Hall–Kier alpha value is -1.32. The molecule has 0 spiro atoms. The quantitative estimate of drug-likeness (QED) is 0.848. The number of aromatic nitrogens is 1. The minimum absolute atomic E-state index is 0.355. The van der Waals surface area contributed by atoms with Crippen LogP contribution in [0.1, 0.15) is 12.5 Å². The molecule has 1 saturated heterocycles. The molecule has 92 valence electrons. The topological polar surface area (TPSA) is 69.2 Å². The smallest absolute Gasteiger partial charge is 0.157 e. The summed E-state index contributed by atoms with van der Waals surface area (Å²) in [6.45, 7) is 4.13. The van der Waals surface area contributed by atoms with Gasteiger partial charge in [0, 0.05) is 19.1 Å². The van der Waals surface area contributed by atoms with E-state index in [-0.39, 0.29) is 0 Å². The normalized spacial score (nSPS) is 24.3. The highest BCUT2D eigenvalue weighted by Gasteiger charge is 2.33. The summed E-state index contributed by atoms with van der Waals surface area (Å²) in [6.07, 6.45) is 0. The SMILES string of the molecule is CC1CN(c2snc(N)c2C#N)CC1N(C)C. The van der Waals surface area contributed by atoms with Crippen LogP contribution < -0.4 is 10.6 Å². The van der Waals surface area contributed by atoms with Gasteiger partial charge in [0.25, 0.3) is 0 Å². The molecule has 6 heteroatoms. The van der Waals surface area contributed by atoms with Crippen molar-refractivity contribution in [3.63, 3.8) is 0 Å². The number of nitrogens with two attached hydrogens (primary N) is 1. The molecule has 17 heavy (non-hydrogen) atoms. The van der Waals surface area contributed by atoms with Gasteiger partial charge in [-0.05, 0) is 31.5 Å². The molecule has 0 bridgehead atoms. The third-order valence-corrected chi connectivity index (χ3v) is 4.26. The molecular formula is C11H17N5S. The molecule has 1 aromatic rings. The minimum atomic E-state index is 0.355. The van der Waals surface area contributed by atoms with E-state index in [9.17, 15) is 0 Å². The number of nitrogens with zero attached hydrogens (tertiary/aromatic N) is 4. The van der Waals surface area contributed by atoms with E-state index in [1.165, 1.54) is 11.5 Å². The Balaban J connectivity index is 2.23. The number of hydrogen-bond donors (Lipinski definition) is 1. The first-order valence-corrected chi connectivity index (χ1v) is 6.38. The van der Waals surface area contributed by atoms with Crippen LogP contribution in [0.4, 0.5) is 10.8 Å². The maximum absolute atomic E-state index is 9.09. The summed E-state index contributed by atoms with van der Waals surface area (Å²) in [5.41, 5.74) is 6.22. The summed E-state index contributed by atoms with van der Waals surface area (Å²) in [5.74, 6) is 0.938. The Bertz CT molecular complexity index is 447. The molecule has 0 saturated carbocycles. The van der Waals surface area contributed by atoms with Gasteiger partial charge in [-0.25, -0.2) is 0 Å². The average molecular weight is 251 g/mol. The van der Waals surface area contributed by atoms with Crippen molar-refractivity contribution in [1.29, 1.82) is 5.26 Å². The number of hydrogen-bond acceptors (Lipinski definition) is 6. The van der Waals surface area contributed by atoms with Crippen molar-refractivity contribution in [1.82, 2.24) is 9.27 Å². The van der Waals surface area contributed by atoms with E-state index in [1.807, 2.05) is 0 Å². The highest BCUT2D eigenvalue weighted by atomic mass is 32.1. The van der Waals surface area contributed by atoms with Gasteiger partial charge in [0.2, 0.25) is 0 Å². The van der Waals surface area contributed by atoms with E-state index in [4.69, 9.17) is 11.0 Å². The molecule has 2 heterocycles. The summed E-state index contributed by atoms with van der Waals surface area (Å²) in [6, 6.07) is 2.67. The van der Waals surface area contributed by atoms with Crippen LogP contribution in [0.2, 0.25) is 0 Å². The molecule has 2 N–H and O–H groups in total. The van der Waals surface area contributed by atoms with Crippen molar-refractivity contribution in [2.75, 3.05) is 37.8 Å². The largest absolute Gasteiger partial charge is 0.382 e. The number of likely N-dealkylation sites (N-methyl/N-ethyl adjacent to an activating group) is 1. The first-order valence-electron chi connectivity index (χ1n) is 5.61. The van der Waals surface area contributed by atoms with E-state index >= 15 is 0 Å². The van der Waals surface area contributed by atoms with Gasteiger partial charge >= 0.3 is 0 Å². The zero-order valence-corrected chi connectivity index (χ0v) is 11.2. The lowest BCUT2D eigenvalue weighted by atomic mass is 10.1. The fourth-order valence-electron chi connectivity index (χ4n) is 2.40. The first-order chi connectivity index (χ1) is 8.04. The number of anilines is 2. The fourth-order valence-corrected chi connectivity index (χ4v) is 3.18. The Morgan fingerprint density at radius 2 is 2.24 bits per heavy atom. The van der Waals surface area contributed by atoms with Crippen LogP contribution in [-0.4, -0.2) is 42.5 Å². The summed E-state index contributed by atoms with van der Waals surface area (Å²) in [4.78, 5) is 4.46. The van der Waals surface area contributed by atoms with Crippen molar-refractivity contribution >= 4 is 22.4 Å². The Morgan fingerprint density at radius 3 is 2.76 bits per heavy atom. The van der Waals surface area contributed by atoms with Crippen molar-refractivity contribution in [2.45, 2.75) is 13.0 Å². The van der Waals surface area contributed by atoms with Crippen molar-refractivity contribution in [3.8, 4) is 6.07 Å². The van der Waals surface area contributed by atoms with Gasteiger partial charge in [-0.15, -0.1) is 0 Å². The van der Waals surface area contributed by atoms with Crippen LogP contribution in [0.15, 0.2) is 0 Å². The molecular weight excluding hydrogens is 234 g/mol. The maximum atomic E-state index is 9.09. The Morgan fingerprint density at radius 1 is 1.53 bits per heavy atom. The molecule has 1 aromatic heterocycles. The maximum Gasteiger partial charge on any atom is 0.157 e. The van der Waals surface area contributed by atoms with Gasteiger partial charge in [0.1, 0.15) is 16.6 Å². The lowest BCUT2D eigenvalue weighted by Crippen LogP contribution is -2.34. The molecule has 0 aliphatic carbocycles. The standard InChI is InChI=1S/C11H17N5S/c1-7-5-16(6-9(7)15(2)3)11-8(4-12)10(13)14-17-11/h7,9H,5-6H2,1-3H3,(H2,13,14). The van der Waals surface area contributed by atoms with Gasteiger partial charge in [-0.3, -0.25) is 0 Å². The van der Waals surface area contributed by atoms with E-state index < -0.39 is 0 Å². The number of rotatable bonds is 2. The lowest BCUT2D eigenvalue weighted by molar-refractivity contribution is 0.266. The third-order valence-electron chi connectivity index (χ3n) is 3.34. The van der Waals surface area contributed by atoms with Crippen LogP contribution in [0, 0.1) is 17.2 Å². The second kappa shape index (κ2) is 4.51. The van der Waals surface area contributed by atoms with Gasteiger partial charge < -0.3 is 15.5 Å². The second-order valence-corrected chi connectivity index (χ2v) is 5.52. The molecule has 1 aliphatic heterocycles. The monoisotopic (exact) mass is 251 g/mol. The zero-order chi connectivity index (χ0) is 12.6. The van der Waals surface area contributed by atoms with E-state index in [0.717, 1.165) is 18.1 Å². The van der Waals surface area contributed by atoms with Crippen molar-refractivity contribution in [2.24, 2.45) is 5.92 Å². The van der Waals surface area contributed by atoms with Gasteiger partial charge in [-0.1, -0.05) is 6.92 Å². The molecule has 2 unspecified atom stereocenters. The lowest BCUT2D eigenvalue weighted by Gasteiger charge is -2.22. The molecule has 0 amide bonds. The fraction of sp³-hybridized carbons (Fsp3) is 0.636. The van der Waals surface area contributed by atoms with Crippen LogP contribution in [0.25, 0.3) is 0 Å². The molecule has 1 fully saturated rings. The molecule has 5 nitrogen and oxygen atoms in total. The summed E-state index contributed by atoms with van der Waals surface area (Å²) in [5, 5.41) is 10.0. The summed E-state index contributed by atoms with van der Waals surface area (Å²) < 4.78 is 4.07. The minimum Gasteiger partial charge on any atom is -0.382 e. The average Bonchev–Trinajstić information content (AvgIpc) is 2.81. The molecule has 0 aromatic carbocycles. The highest BCUT2D eigenvalue weighted by molar-refractivity contribution is 7.10. The zero-order valence-electron chi connectivity index (χ0n) is 10.3. The Labute approximate surface area is 106 Å². The molecule has 1 aliphatic rings. The predicted molar refractivity (Wildman–Crippen MR) is 70.1 cm³/mol.